The number of rotatable bonds is 1. The van der Waals surface area contributed by atoms with Crippen molar-refractivity contribution in [2.24, 2.45) is 5.92 Å². The molecule has 1 atom stereocenters. The van der Waals surface area contributed by atoms with Crippen molar-refractivity contribution in [1.82, 2.24) is 16.2 Å². The third-order valence-electron chi connectivity index (χ3n) is 2.20. The molecule has 1 unspecified atom stereocenters. The summed E-state index contributed by atoms with van der Waals surface area (Å²) >= 11 is 0. The van der Waals surface area contributed by atoms with E-state index in [-0.39, 0.29) is 11.7 Å². The molecule has 4 nitrogen and oxygen atoms in total. The van der Waals surface area contributed by atoms with E-state index in [0.29, 0.717) is 5.92 Å². The summed E-state index contributed by atoms with van der Waals surface area (Å²) in [6.45, 7) is 2.00. The minimum Gasteiger partial charge on any atom is -0.317 e. The third kappa shape index (κ3) is 0.759. The molecule has 0 aromatic carbocycles. The molecule has 56 valence electrons. The highest BCUT2D eigenvalue weighted by molar-refractivity contribution is 5.76. The summed E-state index contributed by atoms with van der Waals surface area (Å²) in [7, 11) is 0. The molecule has 2 amide bonds. The van der Waals surface area contributed by atoms with Crippen LogP contribution in [0.5, 0.6) is 0 Å². The van der Waals surface area contributed by atoms with Crippen molar-refractivity contribution >= 4 is 6.03 Å². The average molecular weight is 141 g/mol. The van der Waals surface area contributed by atoms with Crippen LogP contribution >= 0.6 is 0 Å². The highest BCUT2D eigenvalue weighted by Crippen LogP contribution is 2.38. The summed E-state index contributed by atoms with van der Waals surface area (Å²) < 4.78 is 0. The van der Waals surface area contributed by atoms with Crippen molar-refractivity contribution in [2.45, 2.75) is 25.4 Å². The number of hydrazine groups is 1. The number of amides is 2. The predicted molar refractivity (Wildman–Crippen MR) is 35.9 cm³/mol. The Kier molecular flexibility index (Phi) is 0.976. The number of urea groups is 1. The van der Waals surface area contributed by atoms with Gasteiger partial charge in [-0.2, -0.15) is 0 Å². The zero-order valence-electron chi connectivity index (χ0n) is 5.90. The Bertz CT molecular complexity index is 178. The van der Waals surface area contributed by atoms with Crippen LogP contribution in [-0.2, 0) is 0 Å². The number of nitrogens with one attached hydrogen (secondary N) is 3. The van der Waals surface area contributed by atoms with Crippen molar-refractivity contribution < 1.29 is 4.79 Å². The van der Waals surface area contributed by atoms with Gasteiger partial charge in [0.2, 0.25) is 0 Å². The van der Waals surface area contributed by atoms with E-state index in [0.717, 1.165) is 0 Å². The fourth-order valence-corrected chi connectivity index (χ4v) is 1.35. The lowest BCUT2D eigenvalue weighted by atomic mass is 10.1. The zero-order valence-corrected chi connectivity index (χ0v) is 5.90. The molecule has 0 radical (unpaired) electrons. The maximum Gasteiger partial charge on any atom is 0.330 e. The van der Waals surface area contributed by atoms with Crippen molar-refractivity contribution in [3.05, 3.63) is 0 Å². The van der Waals surface area contributed by atoms with Crippen molar-refractivity contribution in [3.8, 4) is 0 Å². The van der Waals surface area contributed by atoms with Crippen LogP contribution in [0.1, 0.15) is 19.8 Å². The van der Waals surface area contributed by atoms with Crippen molar-refractivity contribution in [1.29, 1.82) is 0 Å². The fourth-order valence-electron chi connectivity index (χ4n) is 1.35. The molecule has 4 heteroatoms. The van der Waals surface area contributed by atoms with Gasteiger partial charge in [0.15, 0.2) is 0 Å². The SMILES string of the molecule is CC1(C2CC2)NNC(=O)N1. The molecule has 2 rings (SSSR count). The minimum absolute atomic E-state index is 0.116. The third-order valence-corrected chi connectivity index (χ3v) is 2.20. The fraction of sp³-hybridized carbons (Fsp3) is 0.833. The van der Waals surface area contributed by atoms with Crippen LogP contribution in [0.3, 0.4) is 0 Å². The highest BCUT2D eigenvalue weighted by atomic mass is 16.2. The monoisotopic (exact) mass is 141 g/mol. The molecule has 1 aliphatic carbocycles. The van der Waals surface area contributed by atoms with Gasteiger partial charge in [0.25, 0.3) is 0 Å². The van der Waals surface area contributed by atoms with Gasteiger partial charge in [-0.3, -0.25) is 5.43 Å². The Morgan fingerprint density at radius 2 is 2.30 bits per heavy atom. The normalized spacial score (nSPS) is 39.1. The Balaban J connectivity index is 2.08. The van der Waals surface area contributed by atoms with Crippen LogP contribution < -0.4 is 16.2 Å². The summed E-state index contributed by atoms with van der Waals surface area (Å²) in [5, 5.41) is 2.83. The molecule has 2 aliphatic rings. The van der Waals surface area contributed by atoms with Gasteiger partial charge in [0.05, 0.1) is 0 Å². The summed E-state index contributed by atoms with van der Waals surface area (Å²) in [6, 6.07) is -0.116. The number of hydrogen-bond acceptors (Lipinski definition) is 2. The predicted octanol–water partition coefficient (Wildman–Crippen LogP) is -0.0700. The summed E-state index contributed by atoms with van der Waals surface area (Å²) in [5.41, 5.74) is 5.28. The van der Waals surface area contributed by atoms with Crippen molar-refractivity contribution in [3.63, 3.8) is 0 Å². The molecule has 0 aromatic heterocycles. The Morgan fingerprint density at radius 1 is 1.60 bits per heavy atom. The Labute approximate surface area is 59.3 Å². The molecular weight excluding hydrogens is 130 g/mol. The molecule has 1 aliphatic heterocycles. The second-order valence-electron chi connectivity index (χ2n) is 3.18. The van der Waals surface area contributed by atoms with Gasteiger partial charge in [0.1, 0.15) is 5.66 Å². The number of carbonyl (C=O) groups is 1. The quantitative estimate of drug-likeness (QED) is 0.479. The largest absolute Gasteiger partial charge is 0.330 e. The Hall–Kier alpha value is -0.770. The minimum atomic E-state index is -0.183. The smallest absolute Gasteiger partial charge is 0.317 e. The van der Waals surface area contributed by atoms with E-state index in [1.807, 2.05) is 6.92 Å². The van der Waals surface area contributed by atoms with E-state index in [4.69, 9.17) is 0 Å². The lowest BCUT2D eigenvalue weighted by Gasteiger charge is -2.21. The Morgan fingerprint density at radius 3 is 2.70 bits per heavy atom. The molecule has 1 saturated heterocycles. The van der Waals surface area contributed by atoms with Gasteiger partial charge in [0, 0.05) is 0 Å². The molecule has 10 heavy (non-hydrogen) atoms. The molecule has 0 spiro atoms. The molecule has 1 saturated carbocycles. The maximum absolute atomic E-state index is 10.7. The molecular formula is C6H11N3O. The van der Waals surface area contributed by atoms with Gasteiger partial charge in [-0.25, -0.2) is 10.2 Å². The van der Waals surface area contributed by atoms with Crippen LogP contribution in [-0.4, -0.2) is 11.7 Å². The van der Waals surface area contributed by atoms with Crippen LogP contribution in [0.4, 0.5) is 4.79 Å². The first-order valence-electron chi connectivity index (χ1n) is 3.56. The van der Waals surface area contributed by atoms with E-state index < -0.39 is 0 Å². The van der Waals surface area contributed by atoms with Gasteiger partial charge >= 0.3 is 6.03 Å². The van der Waals surface area contributed by atoms with E-state index >= 15 is 0 Å². The average Bonchev–Trinajstić information content (AvgIpc) is 2.62. The topological polar surface area (TPSA) is 53.2 Å². The summed E-state index contributed by atoms with van der Waals surface area (Å²) in [4.78, 5) is 10.7. The van der Waals surface area contributed by atoms with E-state index in [2.05, 4.69) is 16.2 Å². The van der Waals surface area contributed by atoms with Crippen LogP contribution in [0.15, 0.2) is 0 Å². The first kappa shape index (κ1) is 5.97. The first-order chi connectivity index (χ1) is 4.71. The maximum atomic E-state index is 10.7. The number of hydrogen-bond donors (Lipinski definition) is 3. The molecule has 3 N–H and O–H groups in total. The summed E-state index contributed by atoms with van der Waals surface area (Å²) in [5.74, 6) is 0.617. The lowest BCUT2D eigenvalue weighted by Crippen LogP contribution is -2.49. The molecule has 0 bridgehead atoms. The van der Waals surface area contributed by atoms with E-state index in [1.54, 1.807) is 0 Å². The van der Waals surface area contributed by atoms with Crippen LogP contribution in [0, 0.1) is 5.92 Å². The highest BCUT2D eigenvalue weighted by Gasteiger charge is 2.45. The van der Waals surface area contributed by atoms with Gasteiger partial charge < -0.3 is 5.32 Å². The zero-order chi connectivity index (χ0) is 7.19. The second-order valence-corrected chi connectivity index (χ2v) is 3.18. The van der Waals surface area contributed by atoms with E-state index in [9.17, 15) is 4.79 Å². The van der Waals surface area contributed by atoms with Gasteiger partial charge in [-0.15, -0.1) is 0 Å². The molecule has 2 fully saturated rings. The molecule has 0 aromatic rings. The standard InChI is InChI=1S/C6H11N3O/c1-6(4-2-3-4)7-5(10)8-9-6/h4,9H,2-3H2,1H3,(H2,7,8,10). The first-order valence-corrected chi connectivity index (χ1v) is 3.56. The van der Waals surface area contributed by atoms with E-state index in [1.165, 1.54) is 12.8 Å². The molecule has 1 heterocycles. The summed E-state index contributed by atoms with van der Waals surface area (Å²) in [6.07, 6.45) is 2.43. The van der Waals surface area contributed by atoms with Crippen molar-refractivity contribution in [2.75, 3.05) is 0 Å². The van der Waals surface area contributed by atoms with Gasteiger partial charge in [-0.1, -0.05) is 0 Å². The number of carbonyl (C=O) groups excluding carboxylic acids is 1. The van der Waals surface area contributed by atoms with Gasteiger partial charge in [-0.05, 0) is 25.7 Å². The second kappa shape index (κ2) is 1.63. The van der Waals surface area contributed by atoms with Crippen LogP contribution in [0.25, 0.3) is 0 Å². The lowest BCUT2D eigenvalue weighted by molar-refractivity contribution is 0.243. The van der Waals surface area contributed by atoms with Crippen LogP contribution in [0.2, 0.25) is 0 Å².